The van der Waals surface area contributed by atoms with Crippen molar-refractivity contribution in [3.8, 4) is 0 Å². The van der Waals surface area contributed by atoms with Crippen LogP contribution < -0.4 is 15.1 Å². The minimum absolute atomic E-state index is 0.0365. The smallest absolute Gasteiger partial charge is 0.317 e. The van der Waals surface area contributed by atoms with Gasteiger partial charge < -0.3 is 20.0 Å². The van der Waals surface area contributed by atoms with Gasteiger partial charge in [-0.3, -0.25) is 9.59 Å². The van der Waals surface area contributed by atoms with E-state index in [4.69, 9.17) is 0 Å². The van der Waals surface area contributed by atoms with Crippen LogP contribution in [0.15, 0.2) is 48.5 Å². The molecule has 7 nitrogen and oxygen atoms in total. The van der Waals surface area contributed by atoms with Crippen LogP contribution in [0.2, 0.25) is 0 Å². The number of rotatable bonds is 4. The van der Waals surface area contributed by atoms with Crippen LogP contribution in [0.5, 0.6) is 0 Å². The maximum atomic E-state index is 13.5. The molecule has 2 aromatic carbocycles. The number of Topliss-reactive ketones (excluding diaryl/α,β-unsaturated/α-hetero) is 1. The third-order valence-electron chi connectivity index (χ3n) is 5.78. The number of halogens is 1. The molecule has 0 bridgehead atoms. The Morgan fingerprint density at radius 3 is 2.35 bits per heavy atom. The Hall–Kier alpha value is -3.42. The van der Waals surface area contributed by atoms with Gasteiger partial charge in [0.25, 0.3) is 0 Å². The minimum Gasteiger partial charge on any atom is -0.368 e. The standard InChI is InChI=1S/C23H25FN4O3/c1-16(29)17-5-7-20(8-6-17)26-9-11-27(12-10-26)23(31)25-19-14-22(30)28(15-19)21-4-2-3-18(24)13-21/h2-8,13,19H,9-12,14-15H2,1H3,(H,25,31)/t19-/m1/s1. The Labute approximate surface area is 180 Å². The minimum atomic E-state index is -0.397. The van der Waals surface area contributed by atoms with E-state index in [2.05, 4.69) is 10.2 Å². The number of carbonyl (C=O) groups excluding carboxylic acids is 3. The molecule has 2 aliphatic rings. The zero-order valence-corrected chi connectivity index (χ0v) is 17.4. The Morgan fingerprint density at radius 1 is 1.00 bits per heavy atom. The summed E-state index contributed by atoms with van der Waals surface area (Å²) in [5, 5.41) is 2.94. The predicted octanol–water partition coefficient (Wildman–Crippen LogP) is 2.67. The zero-order valence-electron chi connectivity index (χ0n) is 17.4. The largest absolute Gasteiger partial charge is 0.368 e. The van der Waals surface area contributed by atoms with E-state index < -0.39 is 5.82 Å². The second-order valence-corrected chi connectivity index (χ2v) is 7.91. The molecule has 4 rings (SSSR count). The summed E-state index contributed by atoms with van der Waals surface area (Å²) < 4.78 is 13.5. The molecule has 2 saturated heterocycles. The molecule has 31 heavy (non-hydrogen) atoms. The molecule has 0 unspecified atom stereocenters. The molecule has 2 heterocycles. The number of ketones is 1. The lowest BCUT2D eigenvalue weighted by atomic mass is 10.1. The van der Waals surface area contributed by atoms with E-state index in [1.807, 2.05) is 24.3 Å². The molecular weight excluding hydrogens is 399 g/mol. The fourth-order valence-electron chi connectivity index (χ4n) is 4.04. The summed E-state index contributed by atoms with van der Waals surface area (Å²) in [4.78, 5) is 41.9. The summed E-state index contributed by atoms with van der Waals surface area (Å²) in [5.41, 5.74) is 2.21. The number of piperazine rings is 1. The third kappa shape index (κ3) is 4.68. The van der Waals surface area contributed by atoms with Crippen molar-refractivity contribution in [1.29, 1.82) is 0 Å². The first kappa shape index (κ1) is 20.8. The van der Waals surface area contributed by atoms with Gasteiger partial charge >= 0.3 is 6.03 Å². The number of nitrogens with zero attached hydrogens (tertiary/aromatic N) is 3. The maximum Gasteiger partial charge on any atom is 0.317 e. The van der Waals surface area contributed by atoms with Crippen LogP contribution >= 0.6 is 0 Å². The molecule has 2 fully saturated rings. The fourth-order valence-corrected chi connectivity index (χ4v) is 4.04. The van der Waals surface area contributed by atoms with Gasteiger partial charge in [-0.25, -0.2) is 9.18 Å². The molecule has 162 valence electrons. The number of amides is 3. The lowest BCUT2D eigenvalue weighted by Crippen LogP contribution is -2.53. The molecule has 1 N–H and O–H groups in total. The number of urea groups is 1. The molecule has 0 saturated carbocycles. The van der Waals surface area contributed by atoms with Gasteiger partial charge in [-0.2, -0.15) is 0 Å². The molecular formula is C23H25FN4O3. The van der Waals surface area contributed by atoms with Crippen molar-refractivity contribution in [2.24, 2.45) is 0 Å². The van der Waals surface area contributed by atoms with E-state index in [1.54, 1.807) is 24.0 Å². The van der Waals surface area contributed by atoms with Gasteiger partial charge in [0.2, 0.25) is 5.91 Å². The quantitative estimate of drug-likeness (QED) is 0.766. The summed E-state index contributed by atoms with van der Waals surface area (Å²) in [7, 11) is 0. The number of anilines is 2. The first-order valence-corrected chi connectivity index (χ1v) is 10.4. The summed E-state index contributed by atoms with van der Waals surface area (Å²) in [6.07, 6.45) is 0.199. The fraction of sp³-hybridized carbons (Fsp3) is 0.348. The van der Waals surface area contributed by atoms with Crippen molar-refractivity contribution >= 4 is 29.1 Å². The molecule has 3 amide bonds. The lowest BCUT2D eigenvalue weighted by molar-refractivity contribution is -0.117. The van der Waals surface area contributed by atoms with Crippen molar-refractivity contribution < 1.29 is 18.8 Å². The van der Waals surface area contributed by atoms with Crippen molar-refractivity contribution in [2.75, 3.05) is 42.5 Å². The maximum absolute atomic E-state index is 13.5. The molecule has 0 aromatic heterocycles. The predicted molar refractivity (Wildman–Crippen MR) is 116 cm³/mol. The van der Waals surface area contributed by atoms with Crippen LogP contribution in [0.4, 0.5) is 20.6 Å². The second kappa shape index (κ2) is 8.75. The van der Waals surface area contributed by atoms with Crippen LogP contribution in [0.3, 0.4) is 0 Å². The van der Waals surface area contributed by atoms with Crippen LogP contribution in [-0.2, 0) is 4.79 Å². The Bertz CT molecular complexity index is 987. The first-order valence-electron chi connectivity index (χ1n) is 10.4. The highest BCUT2D eigenvalue weighted by Gasteiger charge is 2.33. The summed E-state index contributed by atoms with van der Waals surface area (Å²) in [6, 6.07) is 12.9. The SMILES string of the molecule is CC(=O)c1ccc(N2CCN(C(=O)N[C@@H]3CC(=O)N(c4cccc(F)c4)C3)CC2)cc1. The zero-order chi connectivity index (χ0) is 22.0. The highest BCUT2D eigenvalue weighted by Crippen LogP contribution is 2.23. The highest BCUT2D eigenvalue weighted by atomic mass is 19.1. The van der Waals surface area contributed by atoms with Gasteiger partial charge in [0.05, 0.1) is 6.04 Å². The van der Waals surface area contributed by atoms with E-state index in [0.717, 1.165) is 5.69 Å². The van der Waals surface area contributed by atoms with Crippen molar-refractivity contribution in [3.63, 3.8) is 0 Å². The molecule has 8 heteroatoms. The molecule has 0 radical (unpaired) electrons. The first-order chi connectivity index (χ1) is 14.9. The average Bonchev–Trinajstić information content (AvgIpc) is 3.14. The third-order valence-corrected chi connectivity index (χ3v) is 5.78. The van der Waals surface area contributed by atoms with Gasteiger partial charge in [0, 0.05) is 56.1 Å². The Balaban J connectivity index is 1.29. The number of hydrogen-bond donors (Lipinski definition) is 1. The van der Waals surface area contributed by atoms with Crippen molar-refractivity contribution in [1.82, 2.24) is 10.2 Å². The van der Waals surface area contributed by atoms with E-state index in [9.17, 15) is 18.8 Å². The number of carbonyl (C=O) groups is 3. The topological polar surface area (TPSA) is 73.0 Å². The van der Waals surface area contributed by atoms with Crippen molar-refractivity contribution in [2.45, 2.75) is 19.4 Å². The highest BCUT2D eigenvalue weighted by molar-refractivity contribution is 5.97. The Morgan fingerprint density at radius 2 is 1.71 bits per heavy atom. The summed E-state index contributed by atoms with van der Waals surface area (Å²) >= 11 is 0. The van der Waals surface area contributed by atoms with Crippen LogP contribution in [-0.4, -0.2) is 61.4 Å². The number of benzene rings is 2. The van der Waals surface area contributed by atoms with Gasteiger partial charge in [-0.05, 0) is 49.4 Å². The monoisotopic (exact) mass is 424 g/mol. The van der Waals surface area contributed by atoms with Gasteiger partial charge in [-0.1, -0.05) is 6.07 Å². The van der Waals surface area contributed by atoms with Gasteiger partial charge in [0.15, 0.2) is 5.78 Å². The summed E-state index contributed by atoms with van der Waals surface area (Å²) in [5.74, 6) is -0.490. The van der Waals surface area contributed by atoms with E-state index in [0.29, 0.717) is 44.0 Å². The molecule has 0 spiro atoms. The number of nitrogens with one attached hydrogen (secondary N) is 1. The van der Waals surface area contributed by atoms with Crippen LogP contribution in [0.25, 0.3) is 0 Å². The number of hydrogen-bond acceptors (Lipinski definition) is 4. The van der Waals surface area contributed by atoms with Gasteiger partial charge in [-0.15, -0.1) is 0 Å². The second-order valence-electron chi connectivity index (χ2n) is 7.91. The average molecular weight is 424 g/mol. The molecule has 2 aliphatic heterocycles. The van der Waals surface area contributed by atoms with E-state index in [-0.39, 0.29) is 30.2 Å². The summed E-state index contributed by atoms with van der Waals surface area (Å²) in [6.45, 7) is 4.37. The van der Waals surface area contributed by atoms with Crippen LogP contribution in [0, 0.1) is 5.82 Å². The Kier molecular flexibility index (Phi) is 5.88. The molecule has 1 atom stereocenters. The van der Waals surface area contributed by atoms with Crippen LogP contribution in [0.1, 0.15) is 23.7 Å². The molecule has 2 aromatic rings. The molecule has 0 aliphatic carbocycles. The lowest BCUT2D eigenvalue weighted by Gasteiger charge is -2.36. The normalized spacial score (nSPS) is 19.0. The van der Waals surface area contributed by atoms with E-state index in [1.165, 1.54) is 17.0 Å². The van der Waals surface area contributed by atoms with Gasteiger partial charge in [0.1, 0.15) is 5.82 Å². The van der Waals surface area contributed by atoms with E-state index >= 15 is 0 Å². The van der Waals surface area contributed by atoms with Crippen molar-refractivity contribution in [3.05, 3.63) is 59.9 Å².